The van der Waals surface area contributed by atoms with E-state index in [0.29, 0.717) is 12.3 Å². The van der Waals surface area contributed by atoms with E-state index in [-0.39, 0.29) is 11.8 Å². The summed E-state index contributed by atoms with van der Waals surface area (Å²) in [5.74, 6) is 1.19. The number of phenolic OH excluding ortho intramolecular Hbond substituents is 1. The van der Waals surface area contributed by atoms with Gasteiger partial charge in [-0.1, -0.05) is 30.3 Å². The predicted molar refractivity (Wildman–Crippen MR) is 115 cm³/mol. The van der Waals surface area contributed by atoms with Gasteiger partial charge in [-0.3, -0.25) is 9.69 Å². The van der Waals surface area contributed by atoms with Gasteiger partial charge < -0.3 is 15.2 Å². The van der Waals surface area contributed by atoms with Crippen molar-refractivity contribution in [3.8, 4) is 11.5 Å². The number of para-hydroxylation sites is 1. The van der Waals surface area contributed by atoms with Gasteiger partial charge in [0.25, 0.3) is 0 Å². The van der Waals surface area contributed by atoms with E-state index < -0.39 is 0 Å². The first-order valence-electron chi connectivity index (χ1n) is 10.0. The molecule has 1 aliphatic heterocycles. The van der Waals surface area contributed by atoms with Gasteiger partial charge in [-0.2, -0.15) is 0 Å². The number of nitrogens with zero attached hydrogens (tertiary/aromatic N) is 1. The van der Waals surface area contributed by atoms with E-state index in [0.717, 1.165) is 53.7 Å². The summed E-state index contributed by atoms with van der Waals surface area (Å²) in [4.78, 5) is 14.9. The number of aromatic hydroxyl groups is 1. The highest BCUT2D eigenvalue weighted by Crippen LogP contribution is 2.32. The summed E-state index contributed by atoms with van der Waals surface area (Å²) in [6.07, 6.45) is 1.63. The lowest BCUT2D eigenvalue weighted by atomic mass is 9.94. The number of hydrogen-bond donors (Lipinski definition) is 2. The molecule has 1 saturated heterocycles. The quantitative estimate of drug-likeness (QED) is 0.678. The fraction of sp³-hybridized carbons (Fsp3) is 0.292. The Kier molecular flexibility index (Phi) is 5.67. The zero-order valence-corrected chi connectivity index (χ0v) is 16.6. The molecule has 0 unspecified atom stereocenters. The average molecular weight is 390 g/mol. The number of piperidine rings is 1. The Labute approximate surface area is 170 Å². The van der Waals surface area contributed by atoms with Crippen LogP contribution >= 0.6 is 0 Å². The van der Waals surface area contributed by atoms with Crippen molar-refractivity contribution >= 4 is 22.4 Å². The highest BCUT2D eigenvalue weighted by atomic mass is 16.5. The van der Waals surface area contributed by atoms with E-state index in [4.69, 9.17) is 4.74 Å². The number of carbonyl (C=O) groups is 1. The summed E-state index contributed by atoms with van der Waals surface area (Å²) in [5.41, 5.74) is 1.75. The predicted octanol–water partition coefficient (Wildman–Crippen LogP) is 4.40. The van der Waals surface area contributed by atoms with Crippen LogP contribution in [0.4, 0.5) is 5.69 Å². The molecule has 0 saturated carbocycles. The Bertz CT molecular complexity index is 996. The molecule has 0 aromatic heterocycles. The van der Waals surface area contributed by atoms with Crippen LogP contribution in [0.2, 0.25) is 0 Å². The van der Waals surface area contributed by atoms with Crippen LogP contribution < -0.4 is 10.1 Å². The van der Waals surface area contributed by atoms with Gasteiger partial charge in [0.2, 0.25) is 5.91 Å². The summed E-state index contributed by atoms with van der Waals surface area (Å²) in [5, 5.41) is 15.6. The van der Waals surface area contributed by atoms with E-state index in [1.807, 2.05) is 54.6 Å². The molecule has 1 heterocycles. The second-order valence-corrected chi connectivity index (χ2v) is 7.56. The standard InChI is InChI=1S/C24H26N2O3/c1-29-20-9-7-17-8-10-23(27)22(21(17)15-20)16-26-13-11-18(12-14-26)24(28)25-19-5-3-2-4-6-19/h2-10,15,18,27H,11-14,16H2,1H3,(H,25,28). The molecule has 0 aliphatic carbocycles. The molecule has 0 bridgehead atoms. The maximum Gasteiger partial charge on any atom is 0.227 e. The summed E-state index contributed by atoms with van der Waals surface area (Å²) in [7, 11) is 1.65. The van der Waals surface area contributed by atoms with Crippen molar-refractivity contribution in [2.75, 3.05) is 25.5 Å². The molecule has 1 aliphatic rings. The Morgan fingerprint density at radius 3 is 2.55 bits per heavy atom. The van der Waals surface area contributed by atoms with E-state index in [9.17, 15) is 9.90 Å². The molecule has 5 nitrogen and oxygen atoms in total. The fourth-order valence-corrected chi connectivity index (χ4v) is 3.99. The first-order chi connectivity index (χ1) is 14.1. The van der Waals surface area contributed by atoms with Gasteiger partial charge in [-0.15, -0.1) is 0 Å². The van der Waals surface area contributed by atoms with E-state index >= 15 is 0 Å². The minimum atomic E-state index is 0.0210. The number of fused-ring (bicyclic) bond motifs is 1. The molecule has 1 fully saturated rings. The molecule has 3 aromatic carbocycles. The molecule has 5 heteroatoms. The van der Waals surface area contributed by atoms with Gasteiger partial charge in [0.15, 0.2) is 0 Å². The van der Waals surface area contributed by atoms with Gasteiger partial charge in [0.1, 0.15) is 11.5 Å². The van der Waals surface area contributed by atoms with Crippen LogP contribution in [0.25, 0.3) is 10.8 Å². The lowest BCUT2D eigenvalue weighted by Crippen LogP contribution is -2.37. The van der Waals surface area contributed by atoms with Crippen LogP contribution in [0.3, 0.4) is 0 Å². The number of anilines is 1. The molecule has 2 N–H and O–H groups in total. The van der Waals surface area contributed by atoms with Gasteiger partial charge in [-0.25, -0.2) is 0 Å². The average Bonchev–Trinajstić information content (AvgIpc) is 2.76. The van der Waals surface area contributed by atoms with Gasteiger partial charge >= 0.3 is 0 Å². The first-order valence-corrected chi connectivity index (χ1v) is 10.0. The van der Waals surface area contributed by atoms with E-state index in [2.05, 4.69) is 10.2 Å². The molecule has 0 spiro atoms. The summed E-state index contributed by atoms with van der Waals surface area (Å²) in [6, 6.07) is 19.2. The molecule has 0 atom stereocenters. The number of likely N-dealkylation sites (tertiary alicyclic amines) is 1. The van der Waals surface area contributed by atoms with Crippen molar-refractivity contribution in [1.29, 1.82) is 0 Å². The third-order valence-corrected chi connectivity index (χ3v) is 5.70. The van der Waals surface area contributed by atoms with Crippen LogP contribution in [-0.4, -0.2) is 36.1 Å². The number of benzene rings is 3. The van der Waals surface area contributed by atoms with Crippen molar-refractivity contribution < 1.29 is 14.6 Å². The summed E-state index contributed by atoms with van der Waals surface area (Å²) < 4.78 is 5.36. The maximum atomic E-state index is 12.5. The summed E-state index contributed by atoms with van der Waals surface area (Å²) >= 11 is 0. The lowest BCUT2D eigenvalue weighted by Gasteiger charge is -2.31. The number of ether oxygens (including phenoxy) is 1. The van der Waals surface area contributed by atoms with Crippen LogP contribution in [0, 0.1) is 5.92 Å². The van der Waals surface area contributed by atoms with Crippen LogP contribution in [0.5, 0.6) is 11.5 Å². The van der Waals surface area contributed by atoms with Crippen LogP contribution in [-0.2, 0) is 11.3 Å². The number of carbonyl (C=O) groups excluding carboxylic acids is 1. The first kappa shape index (κ1) is 19.3. The second-order valence-electron chi connectivity index (χ2n) is 7.56. The fourth-order valence-electron chi connectivity index (χ4n) is 3.99. The zero-order valence-electron chi connectivity index (χ0n) is 16.6. The molecule has 3 aromatic rings. The van der Waals surface area contributed by atoms with Crippen LogP contribution in [0.15, 0.2) is 60.7 Å². The molecule has 4 rings (SSSR count). The lowest BCUT2D eigenvalue weighted by molar-refractivity contribution is -0.121. The van der Waals surface area contributed by atoms with E-state index in [1.165, 1.54) is 0 Å². The van der Waals surface area contributed by atoms with Crippen LogP contribution in [0.1, 0.15) is 18.4 Å². The topological polar surface area (TPSA) is 61.8 Å². The number of amides is 1. The van der Waals surface area contributed by atoms with Gasteiger partial charge in [-0.05, 0) is 67.0 Å². The largest absolute Gasteiger partial charge is 0.508 e. The maximum absolute atomic E-state index is 12.5. The van der Waals surface area contributed by atoms with Gasteiger partial charge in [0.05, 0.1) is 7.11 Å². The molecular formula is C24H26N2O3. The Hall–Kier alpha value is -3.05. The monoisotopic (exact) mass is 390 g/mol. The third kappa shape index (κ3) is 4.35. The van der Waals surface area contributed by atoms with Crippen molar-refractivity contribution in [3.63, 3.8) is 0 Å². The highest BCUT2D eigenvalue weighted by molar-refractivity contribution is 5.92. The number of rotatable bonds is 5. The molecule has 0 radical (unpaired) electrons. The third-order valence-electron chi connectivity index (χ3n) is 5.70. The molecule has 1 amide bonds. The van der Waals surface area contributed by atoms with Crippen molar-refractivity contribution in [2.45, 2.75) is 19.4 Å². The minimum Gasteiger partial charge on any atom is -0.508 e. The zero-order chi connectivity index (χ0) is 20.2. The number of methoxy groups -OCH3 is 1. The Morgan fingerprint density at radius 1 is 1.10 bits per heavy atom. The van der Waals surface area contributed by atoms with Gasteiger partial charge in [0, 0.05) is 23.7 Å². The number of phenols is 1. The Morgan fingerprint density at radius 2 is 1.83 bits per heavy atom. The van der Waals surface area contributed by atoms with Crippen molar-refractivity contribution in [1.82, 2.24) is 4.90 Å². The normalized spacial score (nSPS) is 15.3. The molecular weight excluding hydrogens is 364 g/mol. The SMILES string of the molecule is COc1ccc2ccc(O)c(CN3CCC(C(=O)Nc4ccccc4)CC3)c2c1. The minimum absolute atomic E-state index is 0.0210. The number of hydrogen-bond acceptors (Lipinski definition) is 4. The molecule has 29 heavy (non-hydrogen) atoms. The molecule has 150 valence electrons. The highest BCUT2D eigenvalue weighted by Gasteiger charge is 2.26. The second kappa shape index (κ2) is 8.53. The number of nitrogens with one attached hydrogen (secondary N) is 1. The van der Waals surface area contributed by atoms with Crippen molar-refractivity contribution in [2.24, 2.45) is 5.92 Å². The van der Waals surface area contributed by atoms with E-state index in [1.54, 1.807) is 13.2 Å². The summed E-state index contributed by atoms with van der Waals surface area (Å²) in [6.45, 7) is 2.31. The Balaban J connectivity index is 1.42. The van der Waals surface area contributed by atoms with Crippen molar-refractivity contribution in [3.05, 3.63) is 66.2 Å². The smallest absolute Gasteiger partial charge is 0.227 e.